The number of benzene rings is 1. The Bertz CT molecular complexity index is 1400. The second-order valence-electron chi connectivity index (χ2n) is 9.40. The number of aromatic amines is 1. The first-order valence-electron chi connectivity index (χ1n) is 12.6. The molecule has 3 N–H and O–H groups in total. The summed E-state index contributed by atoms with van der Waals surface area (Å²) < 4.78 is 16.1. The summed E-state index contributed by atoms with van der Waals surface area (Å²) in [5.74, 6) is 3.04. The Morgan fingerprint density at radius 3 is 2.67 bits per heavy atom. The lowest BCUT2D eigenvalue weighted by Crippen LogP contribution is -2.30. The number of terminal acetylenes is 1. The SMILES string of the molecule is C#CC(=C(C)C)c1c(C)cc(N)cc1-c1ncc2c(N3CCCCC(C)C3)nc(=O)[nH]c2c1F.CC. The highest BCUT2D eigenvalue weighted by Crippen LogP contribution is 2.37. The fourth-order valence-electron chi connectivity index (χ4n) is 4.85. The maximum Gasteiger partial charge on any atom is 0.347 e. The highest BCUT2D eigenvalue weighted by molar-refractivity contribution is 5.95. The monoisotopic (exact) mass is 489 g/mol. The zero-order chi connectivity index (χ0) is 26.6. The molecule has 1 aliphatic rings. The number of rotatable bonds is 3. The number of pyridine rings is 1. The highest BCUT2D eigenvalue weighted by Gasteiger charge is 2.24. The van der Waals surface area contributed by atoms with Crippen LogP contribution in [0.4, 0.5) is 15.9 Å². The van der Waals surface area contributed by atoms with Crippen LogP contribution in [0.3, 0.4) is 0 Å². The van der Waals surface area contributed by atoms with E-state index in [0.717, 1.165) is 43.5 Å². The molecular formula is C29H36FN5O. The van der Waals surface area contributed by atoms with Gasteiger partial charge in [-0.1, -0.05) is 38.7 Å². The molecule has 6 nitrogen and oxygen atoms in total. The number of halogens is 1. The quantitative estimate of drug-likeness (QED) is 0.343. The summed E-state index contributed by atoms with van der Waals surface area (Å²) in [6.45, 7) is 13.4. The number of aromatic nitrogens is 3. The highest BCUT2D eigenvalue weighted by atomic mass is 19.1. The summed E-state index contributed by atoms with van der Waals surface area (Å²) in [6, 6.07) is 3.49. The molecule has 0 bridgehead atoms. The Labute approximate surface area is 212 Å². The van der Waals surface area contributed by atoms with Crippen molar-refractivity contribution in [3.63, 3.8) is 0 Å². The molecule has 190 valence electrons. The zero-order valence-corrected chi connectivity index (χ0v) is 22.1. The second kappa shape index (κ2) is 11.4. The molecule has 1 saturated heterocycles. The molecule has 1 unspecified atom stereocenters. The van der Waals surface area contributed by atoms with Gasteiger partial charge in [-0.3, -0.25) is 4.98 Å². The first-order valence-corrected chi connectivity index (χ1v) is 12.6. The van der Waals surface area contributed by atoms with E-state index in [2.05, 4.69) is 32.7 Å². The standard InChI is InChI=1S/C27H30FN5O.C2H6/c1-6-19(15(2)3)22-17(5)11-18(29)12-20(22)24-23(28)25-21(13-30-24)26(32-27(34)31-25)33-10-8-7-9-16(4)14-33;1-2/h1,11-13,16H,7-10,14,29H2,2-5H3,(H,31,32,34);1-2H3. The van der Waals surface area contributed by atoms with Crippen LogP contribution in [-0.2, 0) is 0 Å². The summed E-state index contributed by atoms with van der Waals surface area (Å²) in [7, 11) is 0. The van der Waals surface area contributed by atoms with E-state index in [1.807, 2.05) is 40.7 Å². The summed E-state index contributed by atoms with van der Waals surface area (Å²) in [4.78, 5) is 25.9. The van der Waals surface area contributed by atoms with Crippen LogP contribution in [0, 0.1) is 31.0 Å². The number of nitrogen functional groups attached to an aromatic ring is 1. The van der Waals surface area contributed by atoms with Crippen LogP contribution in [0.25, 0.3) is 27.7 Å². The summed E-state index contributed by atoms with van der Waals surface area (Å²) in [6.07, 6.45) is 10.6. The van der Waals surface area contributed by atoms with E-state index in [4.69, 9.17) is 12.2 Å². The number of hydrogen-bond donors (Lipinski definition) is 2. The molecule has 1 aromatic carbocycles. The maximum atomic E-state index is 16.1. The summed E-state index contributed by atoms with van der Waals surface area (Å²) >= 11 is 0. The fourth-order valence-corrected chi connectivity index (χ4v) is 4.85. The number of nitrogens with one attached hydrogen (secondary N) is 1. The van der Waals surface area contributed by atoms with Crippen LogP contribution in [0.1, 0.15) is 65.0 Å². The second-order valence-corrected chi connectivity index (χ2v) is 9.40. The minimum atomic E-state index is -0.627. The van der Waals surface area contributed by atoms with Gasteiger partial charge in [-0.15, -0.1) is 6.42 Å². The first-order chi connectivity index (χ1) is 17.2. The van der Waals surface area contributed by atoms with E-state index in [1.54, 1.807) is 12.3 Å². The van der Waals surface area contributed by atoms with Crippen LogP contribution in [0.5, 0.6) is 0 Å². The lowest BCUT2D eigenvalue weighted by Gasteiger charge is -2.25. The van der Waals surface area contributed by atoms with Gasteiger partial charge in [0.15, 0.2) is 5.82 Å². The van der Waals surface area contributed by atoms with E-state index >= 15 is 4.39 Å². The summed E-state index contributed by atoms with van der Waals surface area (Å²) in [5.41, 5.74) is 9.80. The molecule has 1 fully saturated rings. The van der Waals surface area contributed by atoms with Crippen molar-refractivity contribution in [2.75, 3.05) is 23.7 Å². The van der Waals surface area contributed by atoms with Gasteiger partial charge in [0.1, 0.15) is 11.5 Å². The Hall–Kier alpha value is -3.66. The predicted octanol–water partition coefficient (Wildman–Crippen LogP) is 6.09. The average Bonchev–Trinajstić information content (AvgIpc) is 3.06. The molecule has 0 saturated carbocycles. The fraction of sp³-hybridized carbons (Fsp3) is 0.414. The zero-order valence-electron chi connectivity index (χ0n) is 22.1. The Balaban J connectivity index is 0.00000176. The molecular weight excluding hydrogens is 453 g/mol. The molecule has 36 heavy (non-hydrogen) atoms. The number of nitrogens with zero attached hydrogens (tertiary/aromatic N) is 3. The first kappa shape index (κ1) is 26.9. The van der Waals surface area contributed by atoms with Crippen molar-refractivity contribution in [2.24, 2.45) is 5.92 Å². The number of fused-ring (bicyclic) bond motifs is 1. The van der Waals surface area contributed by atoms with Crippen molar-refractivity contribution in [1.82, 2.24) is 15.0 Å². The third-order valence-corrected chi connectivity index (χ3v) is 6.41. The smallest absolute Gasteiger partial charge is 0.347 e. The molecule has 2 aromatic heterocycles. The van der Waals surface area contributed by atoms with Crippen LogP contribution < -0.4 is 16.3 Å². The van der Waals surface area contributed by atoms with Gasteiger partial charge in [-0.25, -0.2) is 9.18 Å². The van der Waals surface area contributed by atoms with Gasteiger partial charge in [-0.2, -0.15) is 4.98 Å². The van der Waals surface area contributed by atoms with E-state index in [9.17, 15) is 4.79 Å². The van der Waals surface area contributed by atoms with Crippen molar-refractivity contribution in [2.45, 2.75) is 60.8 Å². The predicted molar refractivity (Wildman–Crippen MR) is 148 cm³/mol. The number of anilines is 2. The number of nitrogens with two attached hydrogens (primary N) is 1. The minimum Gasteiger partial charge on any atom is -0.399 e. The van der Waals surface area contributed by atoms with E-state index in [1.165, 1.54) is 0 Å². The van der Waals surface area contributed by atoms with Crippen LogP contribution >= 0.6 is 0 Å². The molecule has 0 aliphatic carbocycles. The van der Waals surface area contributed by atoms with Crippen molar-refractivity contribution in [3.8, 4) is 23.6 Å². The maximum absolute atomic E-state index is 16.1. The molecule has 1 atom stereocenters. The van der Waals surface area contributed by atoms with Gasteiger partial charge in [0.05, 0.1) is 10.9 Å². The van der Waals surface area contributed by atoms with Crippen molar-refractivity contribution >= 4 is 28.0 Å². The Kier molecular flexibility index (Phi) is 8.52. The molecule has 3 heterocycles. The molecule has 4 rings (SSSR count). The normalized spacial score (nSPS) is 15.5. The van der Waals surface area contributed by atoms with Crippen LogP contribution in [0.15, 0.2) is 28.7 Å². The van der Waals surface area contributed by atoms with E-state index in [-0.39, 0.29) is 11.2 Å². The molecule has 0 spiro atoms. The molecule has 0 radical (unpaired) electrons. The molecule has 7 heteroatoms. The van der Waals surface area contributed by atoms with Crippen molar-refractivity contribution in [1.29, 1.82) is 0 Å². The number of hydrogen-bond acceptors (Lipinski definition) is 5. The topological polar surface area (TPSA) is 87.9 Å². The molecule has 3 aromatic rings. The van der Waals surface area contributed by atoms with Crippen molar-refractivity contribution < 1.29 is 4.39 Å². The van der Waals surface area contributed by atoms with Crippen LogP contribution in [-0.4, -0.2) is 28.0 Å². The van der Waals surface area contributed by atoms with Crippen molar-refractivity contribution in [3.05, 3.63) is 51.3 Å². The third kappa shape index (κ3) is 5.28. The van der Waals surface area contributed by atoms with Gasteiger partial charge in [0.2, 0.25) is 0 Å². The Morgan fingerprint density at radius 1 is 1.28 bits per heavy atom. The van der Waals surface area contributed by atoms with Gasteiger partial charge in [-0.05, 0) is 57.2 Å². The average molecular weight is 490 g/mol. The number of allylic oxidation sites excluding steroid dienone is 2. The Morgan fingerprint density at radius 2 is 2.00 bits per heavy atom. The van der Waals surface area contributed by atoms with E-state index < -0.39 is 11.5 Å². The number of aryl methyl sites for hydroxylation is 1. The van der Waals surface area contributed by atoms with Gasteiger partial charge in [0, 0.05) is 41.7 Å². The lowest BCUT2D eigenvalue weighted by atomic mass is 9.90. The van der Waals surface area contributed by atoms with Crippen LogP contribution in [0.2, 0.25) is 0 Å². The molecule has 1 aliphatic heterocycles. The van der Waals surface area contributed by atoms with Gasteiger partial charge < -0.3 is 15.6 Å². The largest absolute Gasteiger partial charge is 0.399 e. The minimum absolute atomic E-state index is 0.0855. The molecule has 0 amide bonds. The summed E-state index contributed by atoms with van der Waals surface area (Å²) in [5, 5.41) is 0.483. The lowest BCUT2D eigenvalue weighted by molar-refractivity contribution is 0.544. The third-order valence-electron chi connectivity index (χ3n) is 6.41. The number of H-pyrrole nitrogens is 1. The van der Waals surface area contributed by atoms with Gasteiger partial charge >= 0.3 is 5.69 Å². The van der Waals surface area contributed by atoms with Gasteiger partial charge in [0.25, 0.3) is 0 Å². The van der Waals surface area contributed by atoms with E-state index in [0.29, 0.717) is 39.5 Å².